The number of halogens is 4. The van der Waals surface area contributed by atoms with Crippen LogP contribution in [0.3, 0.4) is 0 Å². The van der Waals surface area contributed by atoms with Crippen LogP contribution in [0.25, 0.3) is 43.7 Å². The van der Waals surface area contributed by atoms with Crippen molar-refractivity contribution in [2.75, 3.05) is 0 Å². The summed E-state index contributed by atoms with van der Waals surface area (Å²) >= 11 is 0. The monoisotopic (exact) mass is 532 g/mol. The highest BCUT2D eigenvalue weighted by atomic mass is 35.5. The number of nitrogens with zero attached hydrogens (tertiary/aromatic N) is 2. The molecule has 2 aromatic heterocycles. The molecule has 0 amide bonds. The van der Waals surface area contributed by atoms with Crippen LogP contribution >= 0.6 is 0 Å². The maximum Gasteiger partial charge on any atom is 0.573 e. The number of ether oxygens (including phenoxy) is 1. The molecule has 0 aliphatic heterocycles. The van der Waals surface area contributed by atoms with Crippen LogP contribution in [0.1, 0.15) is 11.1 Å². The van der Waals surface area contributed by atoms with Crippen LogP contribution in [0, 0.1) is 6.92 Å². The topological polar surface area (TPSA) is 18.0 Å². The Labute approximate surface area is 224 Å². The van der Waals surface area contributed by atoms with Crippen LogP contribution in [0.4, 0.5) is 13.2 Å². The van der Waals surface area contributed by atoms with E-state index in [0.29, 0.717) is 6.54 Å². The Morgan fingerprint density at radius 1 is 0.789 bits per heavy atom. The molecule has 3 nitrogen and oxygen atoms in total. The summed E-state index contributed by atoms with van der Waals surface area (Å²) < 4.78 is 45.7. The van der Waals surface area contributed by atoms with Crippen molar-refractivity contribution in [3.05, 3.63) is 108 Å². The van der Waals surface area contributed by atoms with Gasteiger partial charge in [0.15, 0.2) is 6.20 Å². The van der Waals surface area contributed by atoms with Crippen LogP contribution < -0.4 is 21.7 Å². The first kappa shape index (κ1) is 25.6. The highest BCUT2D eigenvalue weighted by Crippen LogP contribution is 2.31. The number of fused-ring (bicyclic) bond motifs is 4. The molecule has 0 spiro atoms. The molecule has 2 heterocycles. The van der Waals surface area contributed by atoms with E-state index in [9.17, 15) is 13.2 Å². The summed E-state index contributed by atoms with van der Waals surface area (Å²) in [5, 5.41) is 4.75. The van der Waals surface area contributed by atoms with Gasteiger partial charge >= 0.3 is 6.36 Å². The summed E-state index contributed by atoms with van der Waals surface area (Å²) in [7, 11) is 2.07. The van der Waals surface area contributed by atoms with Crippen LogP contribution in [0.2, 0.25) is 0 Å². The zero-order valence-electron chi connectivity index (χ0n) is 20.8. The molecule has 6 aromatic rings. The van der Waals surface area contributed by atoms with Gasteiger partial charge in [0, 0.05) is 35.1 Å². The average molecular weight is 533 g/mol. The van der Waals surface area contributed by atoms with Gasteiger partial charge in [-0.2, -0.15) is 0 Å². The van der Waals surface area contributed by atoms with Gasteiger partial charge in [0.2, 0.25) is 5.52 Å². The molecule has 0 saturated heterocycles. The largest absolute Gasteiger partial charge is 1.00 e. The molecule has 4 aromatic carbocycles. The first-order valence-corrected chi connectivity index (χ1v) is 12.0. The second-order valence-electron chi connectivity index (χ2n) is 9.47. The van der Waals surface area contributed by atoms with Crippen molar-refractivity contribution in [1.82, 2.24) is 4.57 Å². The van der Waals surface area contributed by atoms with E-state index >= 15 is 0 Å². The molecule has 0 radical (unpaired) electrons. The highest BCUT2D eigenvalue weighted by Gasteiger charge is 2.30. The minimum atomic E-state index is -4.69. The van der Waals surface area contributed by atoms with Gasteiger partial charge in [0.05, 0.1) is 5.39 Å². The SMILES string of the molecule is Cc1ccc2c[n+](C)c3ccc(-c4ccc5ccn(Cc6ccc(OC(F)(F)F)cc6)c5c4)cc3c2c1.[Cl-]. The van der Waals surface area contributed by atoms with Gasteiger partial charge in [-0.05, 0) is 71.5 Å². The van der Waals surface area contributed by atoms with Crippen molar-refractivity contribution in [2.45, 2.75) is 19.8 Å². The lowest BCUT2D eigenvalue weighted by atomic mass is 9.98. The summed E-state index contributed by atoms with van der Waals surface area (Å²) in [6, 6.07) is 27.6. The predicted molar refractivity (Wildman–Crippen MR) is 141 cm³/mol. The van der Waals surface area contributed by atoms with Gasteiger partial charge < -0.3 is 21.7 Å². The van der Waals surface area contributed by atoms with E-state index < -0.39 is 6.36 Å². The fraction of sp³-hybridized carbons (Fsp3) is 0.129. The highest BCUT2D eigenvalue weighted by molar-refractivity contribution is 6.05. The van der Waals surface area contributed by atoms with E-state index in [-0.39, 0.29) is 18.2 Å². The zero-order valence-corrected chi connectivity index (χ0v) is 21.5. The molecular weight excluding hydrogens is 509 g/mol. The van der Waals surface area contributed by atoms with E-state index in [1.54, 1.807) is 12.1 Å². The molecular formula is C31H24ClF3N2O. The number of hydrogen-bond acceptors (Lipinski definition) is 1. The number of aromatic nitrogens is 2. The number of pyridine rings is 1. The number of aryl methyl sites for hydroxylation is 2. The first-order chi connectivity index (χ1) is 17.7. The minimum absolute atomic E-state index is 0. The van der Waals surface area contributed by atoms with Crippen molar-refractivity contribution < 1.29 is 34.9 Å². The Kier molecular flexibility index (Phi) is 6.53. The first-order valence-electron chi connectivity index (χ1n) is 12.0. The molecule has 0 atom stereocenters. The Bertz CT molecular complexity index is 1790. The molecule has 0 N–H and O–H groups in total. The quantitative estimate of drug-likeness (QED) is 0.238. The summed E-state index contributed by atoms with van der Waals surface area (Å²) in [4.78, 5) is 0. The predicted octanol–water partition coefficient (Wildman–Crippen LogP) is 4.70. The van der Waals surface area contributed by atoms with Crippen molar-refractivity contribution in [2.24, 2.45) is 7.05 Å². The smallest absolute Gasteiger partial charge is 0.573 e. The third-order valence-electron chi connectivity index (χ3n) is 6.83. The van der Waals surface area contributed by atoms with Crippen LogP contribution in [-0.4, -0.2) is 10.9 Å². The maximum absolute atomic E-state index is 12.5. The number of alkyl halides is 3. The number of benzene rings is 4. The molecule has 7 heteroatoms. The van der Waals surface area contributed by atoms with Crippen molar-refractivity contribution in [1.29, 1.82) is 0 Å². The van der Waals surface area contributed by atoms with Crippen LogP contribution in [0.15, 0.2) is 97.3 Å². The van der Waals surface area contributed by atoms with E-state index in [2.05, 4.69) is 94.7 Å². The normalized spacial score (nSPS) is 11.7. The lowest BCUT2D eigenvalue weighted by Crippen LogP contribution is -3.00. The van der Waals surface area contributed by atoms with E-state index in [4.69, 9.17) is 0 Å². The standard InChI is InChI=1S/C31H24F3N2O.ClH/c1-20-3-6-25-19-35(2)29-12-9-23(16-28(29)27(25)15-20)24-8-7-22-13-14-36(30(22)17-24)18-21-4-10-26(11-5-21)37-31(32,33)34;/h3-17,19H,18H2,1-2H3;1H/q+1;/p-1. The summed E-state index contributed by atoms with van der Waals surface area (Å²) in [5.74, 6) is -0.219. The van der Waals surface area contributed by atoms with Crippen molar-refractivity contribution in [3.8, 4) is 16.9 Å². The average Bonchev–Trinajstić information content (AvgIpc) is 3.26. The van der Waals surface area contributed by atoms with E-state index in [1.807, 2.05) is 6.20 Å². The second-order valence-corrected chi connectivity index (χ2v) is 9.47. The van der Waals surface area contributed by atoms with Crippen LogP contribution in [0.5, 0.6) is 5.75 Å². The molecule has 192 valence electrons. The Morgan fingerprint density at radius 2 is 1.50 bits per heavy atom. The molecule has 0 unspecified atom stereocenters. The third kappa shape index (κ3) is 4.92. The molecule has 6 rings (SSSR count). The fourth-order valence-electron chi connectivity index (χ4n) is 5.03. The third-order valence-corrected chi connectivity index (χ3v) is 6.83. The number of rotatable bonds is 4. The fourth-order valence-corrected chi connectivity index (χ4v) is 5.03. The summed E-state index contributed by atoms with van der Waals surface area (Å²) in [5.41, 5.74) is 6.58. The minimum Gasteiger partial charge on any atom is -1.00 e. The van der Waals surface area contributed by atoms with Gasteiger partial charge in [0.1, 0.15) is 12.8 Å². The Hall–Kier alpha value is -4.03. The Morgan fingerprint density at radius 3 is 2.26 bits per heavy atom. The summed E-state index contributed by atoms with van der Waals surface area (Å²) in [6.07, 6.45) is -0.525. The molecule has 0 fully saturated rings. The van der Waals surface area contributed by atoms with Gasteiger partial charge in [-0.3, -0.25) is 0 Å². The lowest BCUT2D eigenvalue weighted by molar-refractivity contribution is -0.643. The zero-order chi connectivity index (χ0) is 25.7. The van der Waals surface area contributed by atoms with Gasteiger partial charge in [-0.15, -0.1) is 13.2 Å². The van der Waals surface area contributed by atoms with Crippen LogP contribution in [-0.2, 0) is 13.6 Å². The molecule has 0 aliphatic rings. The van der Waals surface area contributed by atoms with Gasteiger partial charge in [0.25, 0.3) is 0 Å². The lowest BCUT2D eigenvalue weighted by Gasteiger charge is -2.11. The van der Waals surface area contributed by atoms with Gasteiger partial charge in [-0.1, -0.05) is 42.0 Å². The van der Waals surface area contributed by atoms with Crippen molar-refractivity contribution >= 4 is 32.6 Å². The van der Waals surface area contributed by atoms with Crippen molar-refractivity contribution in [3.63, 3.8) is 0 Å². The number of hydrogen-bond donors (Lipinski definition) is 0. The Balaban J connectivity index is 0.00000294. The maximum atomic E-state index is 12.5. The molecule has 0 bridgehead atoms. The molecule has 0 aliphatic carbocycles. The van der Waals surface area contributed by atoms with E-state index in [0.717, 1.165) is 27.6 Å². The second kappa shape index (κ2) is 9.69. The van der Waals surface area contributed by atoms with Gasteiger partial charge in [-0.25, -0.2) is 4.57 Å². The summed E-state index contributed by atoms with van der Waals surface area (Å²) in [6.45, 7) is 2.65. The molecule has 0 saturated carbocycles. The van der Waals surface area contributed by atoms with E-state index in [1.165, 1.54) is 39.4 Å². The molecule has 38 heavy (non-hydrogen) atoms.